The smallest absolute Gasteiger partial charge is 0.349 e. The van der Waals surface area contributed by atoms with E-state index in [4.69, 9.17) is 13.9 Å². The third-order valence-electron chi connectivity index (χ3n) is 4.11. The number of carbonyl (C=O) groups excluding carboxylic acids is 1. The maximum Gasteiger partial charge on any atom is 0.349 e. The Morgan fingerprint density at radius 1 is 1.14 bits per heavy atom. The van der Waals surface area contributed by atoms with Gasteiger partial charge < -0.3 is 24.1 Å². The zero-order valence-electron chi connectivity index (χ0n) is 15.7. The summed E-state index contributed by atoms with van der Waals surface area (Å²) in [6, 6.07) is 11.4. The average molecular weight is 384 g/mol. The first kappa shape index (κ1) is 19.3. The van der Waals surface area contributed by atoms with Crippen LogP contribution in [-0.4, -0.2) is 28.4 Å². The van der Waals surface area contributed by atoms with E-state index in [0.717, 1.165) is 0 Å². The van der Waals surface area contributed by atoms with E-state index in [-0.39, 0.29) is 23.3 Å². The minimum absolute atomic E-state index is 0.0114. The van der Waals surface area contributed by atoms with E-state index in [1.165, 1.54) is 26.0 Å². The highest BCUT2D eigenvalue weighted by Gasteiger charge is 2.34. The number of aromatic hydroxyl groups is 2. The first-order valence-electron chi connectivity index (χ1n) is 8.69. The Labute approximate surface area is 160 Å². The van der Waals surface area contributed by atoms with E-state index < -0.39 is 34.2 Å². The number of hydrogen-bond acceptors (Lipinski definition) is 7. The third kappa shape index (κ3) is 3.51. The SMILES string of the molecule is CCOC(=O)C(C)(C)Oc1c(O)cc2oc(-c3ccccc3)cc(=O)c2c1O. The van der Waals surface area contributed by atoms with Crippen molar-refractivity contribution < 1.29 is 28.9 Å². The number of hydrogen-bond donors (Lipinski definition) is 2. The highest BCUT2D eigenvalue weighted by molar-refractivity contribution is 5.90. The van der Waals surface area contributed by atoms with Gasteiger partial charge in [-0.05, 0) is 20.8 Å². The van der Waals surface area contributed by atoms with E-state index in [9.17, 15) is 19.8 Å². The molecule has 0 saturated heterocycles. The van der Waals surface area contributed by atoms with Crippen LogP contribution >= 0.6 is 0 Å². The van der Waals surface area contributed by atoms with Crippen molar-refractivity contribution in [3.63, 3.8) is 0 Å². The van der Waals surface area contributed by atoms with E-state index in [0.29, 0.717) is 5.56 Å². The Kier molecular flexibility index (Phi) is 5.00. The maximum absolute atomic E-state index is 12.6. The Morgan fingerprint density at radius 3 is 2.46 bits per heavy atom. The lowest BCUT2D eigenvalue weighted by molar-refractivity contribution is -0.158. The molecule has 0 spiro atoms. The number of phenols is 2. The number of carbonyl (C=O) groups is 1. The second-order valence-electron chi connectivity index (χ2n) is 6.62. The quantitative estimate of drug-likeness (QED) is 0.648. The van der Waals surface area contributed by atoms with Crippen LogP contribution in [-0.2, 0) is 9.53 Å². The number of rotatable bonds is 5. The van der Waals surface area contributed by atoms with Crippen LogP contribution in [0.1, 0.15) is 20.8 Å². The first-order valence-corrected chi connectivity index (χ1v) is 8.69. The molecule has 0 unspecified atom stereocenters. The minimum Gasteiger partial charge on any atom is -0.504 e. The number of fused-ring (bicyclic) bond motifs is 1. The van der Waals surface area contributed by atoms with Gasteiger partial charge in [0.1, 0.15) is 16.7 Å². The third-order valence-corrected chi connectivity index (χ3v) is 4.11. The molecule has 0 bridgehead atoms. The number of ether oxygens (including phenoxy) is 2. The molecule has 146 valence electrons. The molecule has 2 aromatic carbocycles. The number of esters is 1. The fraction of sp³-hybridized carbons (Fsp3) is 0.238. The summed E-state index contributed by atoms with van der Waals surface area (Å²) in [7, 11) is 0. The van der Waals surface area contributed by atoms with Gasteiger partial charge in [-0.25, -0.2) is 4.79 Å². The van der Waals surface area contributed by atoms with Crippen LogP contribution in [0.4, 0.5) is 0 Å². The second kappa shape index (κ2) is 7.26. The molecule has 28 heavy (non-hydrogen) atoms. The zero-order valence-corrected chi connectivity index (χ0v) is 15.7. The Balaban J connectivity index is 2.12. The Hall–Kier alpha value is -3.48. The summed E-state index contributed by atoms with van der Waals surface area (Å²) in [6.45, 7) is 4.64. The van der Waals surface area contributed by atoms with Crippen LogP contribution in [0.2, 0.25) is 0 Å². The van der Waals surface area contributed by atoms with Crippen LogP contribution in [0.3, 0.4) is 0 Å². The molecule has 0 fully saturated rings. The molecule has 0 aliphatic heterocycles. The largest absolute Gasteiger partial charge is 0.504 e. The Bertz CT molecular complexity index is 1080. The molecule has 0 atom stereocenters. The van der Waals surface area contributed by atoms with Crippen molar-refractivity contribution in [1.82, 2.24) is 0 Å². The summed E-state index contributed by atoms with van der Waals surface area (Å²) >= 11 is 0. The maximum atomic E-state index is 12.6. The molecule has 0 radical (unpaired) electrons. The monoisotopic (exact) mass is 384 g/mol. The molecule has 1 heterocycles. The summed E-state index contributed by atoms with van der Waals surface area (Å²) in [6.07, 6.45) is 0. The van der Waals surface area contributed by atoms with Crippen LogP contribution in [0.5, 0.6) is 17.2 Å². The molecule has 0 saturated carbocycles. The molecule has 3 aromatic rings. The molecule has 1 aromatic heterocycles. The van der Waals surface area contributed by atoms with Gasteiger partial charge in [-0.1, -0.05) is 30.3 Å². The van der Waals surface area contributed by atoms with Crippen molar-refractivity contribution >= 4 is 16.9 Å². The molecule has 0 amide bonds. The standard InChI is InChI=1S/C21H20O7/c1-4-26-20(25)21(2,3)28-19-14(23)11-16-17(18(19)24)13(22)10-15(27-16)12-8-6-5-7-9-12/h5-11,23-24H,4H2,1-3H3. The summed E-state index contributed by atoms with van der Waals surface area (Å²) in [5.74, 6) is -1.88. The van der Waals surface area contributed by atoms with Crippen LogP contribution < -0.4 is 10.2 Å². The Morgan fingerprint density at radius 2 is 1.82 bits per heavy atom. The van der Waals surface area contributed by atoms with Gasteiger partial charge in [0.2, 0.25) is 11.4 Å². The van der Waals surface area contributed by atoms with Gasteiger partial charge in [-0.2, -0.15) is 0 Å². The first-order chi connectivity index (χ1) is 13.2. The number of phenolic OH excluding ortho intramolecular Hbond substituents is 2. The van der Waals surface area contributed by atoms with Crippen molar-refractivity contribution in [2.75, 3.05) is 6.61 Å². The van der Waals surface area contributed by atoms with Gasteiger partial charge in [0, 0.05) is 17.7 Å². The predicted octanol–water partition coefficient (Wildman–Crippen LogP) is 3.59. The molecule has 7 heteroatoms. The highest BCUT2D eigenvalue weighted by atomic mass is 16.6. The minimum atomic E-state index is -1.50. The predicted molar refractivity (Wildman–Crippen MR) is 103 cm³/mol. The zero-order chi connectivity index (χ0) is 20.5. The van der Waals surface area contributed by atoms with Crippen LogP contribution in [0.15, 0.2) is 51.7 Å². The summed E-state index contributed by atoms with van der Waals surface area (Å²) in [4.78, 5) is 24.6. The molecule has 0 aliphatic rings. The van der Waals surface area contributed by atoms with E-state index in [1.54, 1.807) is 31.2 Å². The lowest BCUT2D eigenvalue weighted by atomic mass is 10.1. The fourth-order valence-electron chi connectivity index (χ4n) is 2.72. The summed E-state index contributed by atoms with van der Waals surface area (Å²) < 4.78 is 16.1. The highest BCUT2D eigenvalue weighted by Crippen LogP contribution is 2.43. The van der Waals surface area contributed by atoms with Gasteiger partial charge in [-0.3, -0.25) is 4.79 Å². The van der Waals surface area contributed by atoms with E-state index >= 15 is 0 Å². The van der Waals surface area contributed by atoms with E-state index in [1.807, 2.05) is 6.07 Å². The molecule has 0 aliphatic carbocycles. The van der Waals surface area contributed by atoms with Crippen molar-refractivity contribution in [1.29, 1.82) is 0 Å². The topological polar surface area (TPSA) is 106 Å². The molecular formula is C21H20O7. The average Bonchev–Trinajstić information content (AvgIpc) is 2.65. The van der Waals surface area contributed by atoms with Gasteiger partial charge in [0.25, 0.3) is 0 Å². The van der Waals surface area contributed by atoms with E-state index in [2.05, 4.69) is 0 Å². The fourth-order valence-corrected chi connectivity index (χ4v) is 2.72. The molecule has 2 N–H and O–H groups in total. The lowest BCUT2D eigenvalue weighted by Crippen LogP contribution is -2.39. The van der Waals surface area contributed by atoms with Gasteiger partial charge in [-0.15, -0.1) is 0 Å². The van der Waals surface area contributed by atoms with Crippen molar-refractivity contribution in [3.8, 4) is 28.6 Å². The van der Waals surface area contributed by atoms with Gasteiger partial charge in [0.15, 0.2) is 16.9 Å². The summed E-state index contributed by atoms with van der Waals surface area (Å²) in [5, 5.41) is 20.7. The molecular weight excluding hydrogens is 364 g/mol. The number of benzene rings is 2. The van der Waals surface area contributed by atoms with Crippen LogP contribution in [0.25, 0.3) is 22.3 Å². The van der Waals surface area contributed by atoms with Gasteiger partial charge in [0.05, 0.1) is 6.61 Å². The van der Waals surface area contributed by atoms with Crippen LogP contribution in [0, 0.1) is 0 Å². The molecule has 7 nitrogen and oxygen atoms in total. The molecule has 3 rings (SSSR count). The van der Waals surface area contributed by atoms with Gasteiger partial charge >= 0.3 is 5.97 Å². The summed E-state index contributed by atoms with van der Waals surface area (Å²) in [5.41, 5.74) is -1.36. The van der Waals surface area contributed by atoms with Crippen molar-refractivity contribution in [2.45, 2.75) is 26.4 Å². The van der Waals surface area contributed by atoms with Crippen molar-refractivity contribution in [3.05, 3.63) is 52.7 Å². The normalized spacial score (nSPS) is 11.4. The lowest BCUT2D eigenvalue weighted by Gasteiger charge is -2.25. The van der Waals surface area contributed by atoms with Crippen molar-refractivity contribution in [2.24, 2.45) is 0 Å². The second-order valence-corrected chi connectivity index (χ2v) is 6.62.